The Morgan fingerprint density at radius 2 is 2.29 bits per heavy atom. The van der Waals surface area contributed by atoms with Crippen LogP contribution in [-0.2, 0) is 13.1 Å². The van der Waals surface area contributed by atoms with Crippen molar-refractivity contribution >= 4 is 5.97 Å². The number of nitrogens with one attached hydrogen (secondary N) is 1. The van der Waals surface area contributed by atoms with Crippen LogP contribution in [0, 0.1) is 0 Å². The summed E-state index contributed by atoms with van der Waals surface area (Å²) >= 11 is 0. The van der Waals surface area contributed by atoms with Gasteiger partial charge in [0.25, 0.3) is 0 Å². The number of nitrogens with zero attached hydrogens (tertiary/aromatic N) is 3. The zero-order valence-corrected chi connectivity index (χ0v) is 8.83. The van der Waals surface area contributed by atoms with Gasteiger partial charge in [-0.2, -0.15) is 4.98 Å². The molecule has 0 fully saturated rings. The number of hydrogen-bond acceptors (Lipinski definition) is 6. The van der Waals surface area contributed by atoms with Gasteiger partial charge in [0.05, 0.1) is 12.2 Å². The molecule has 2 N–H and O–H groups in total. The molecule has 7 heteroatoms. The van der Waals surface area contributed by atoms with Crippen molar-refractivity contribution < 1.29 is 14.4 Å². The molecule has 0 aromatic carbocycles. The smallest absolute Gasteiger partial charge is 0.354 e. The maximum Gasteiger partial charge on any atom is 0.354 e. The number of hydrogen-bond donors (Lipinski definition) is 2. The van der Waals surface area contributed by atoms with E-state index >= 15 is 0 Å². The molecule has 17 heavy (non-hydrogen) atoms. The Bertz CT molecular complexity index is 498. The Kier molecular flexibility index (Phi) is 3.41. The molecule has 0 unspecified atom stereocenters. The van der Waals surface area contributed by atoms with Crippen LogP contribution in [0.15, 0.2) is 29.1 Å². The minimum Gasteiger partial charge on any atom is -0.477 e. The van der Waals surface area contributed by atoms with Crippen molar-refractivity contribution in [2.75, 3.05) is 0 Å². The van der Waals surface area contributed by atoms with Gasteiger partial charge in [0, 0.05) is 6.54 Å². The van der Waals surface area contributed by atoms with Crippen molar-refractivity contribution in [2.24, 2.45) is 0 Å². The summed E-state index contributed by atoms with van der Waals surface area (Å²) in [6, 6.07) is 4.85. The first-order chi connectivity index (χ1) is 8.25. The fraction of sp³-hybridized carbons (Fsp3) is 0.200. The van der Waals surface area contributed by atoms with Gasteiger partial charge in [-0.15, -0.1) is 0 Å². The number of aromatic carboxylic acids is 1. The largest absolute Gasteiger partial charge is 0.477 e. The molecule has 0 saturated heterocycles. The maximum absolute atomic E-state index is 10.7. The quantitative estimate of drug-likeness (QED) is 0.774. The molecule has 0 atom stereocenters. The van der Waals surface area contributed by atoms with Crippen LogP contribution in [-0.4, -0.2) is 26.2 Å². The lowest BCUT2D eigenvalue weighted by Gasteiger charge is -2.02. The first kappa shape index (κ1) is 11.2. The first-order valence-electron chi connectivity index (χ1n) is 4.91. The van der Waals surface area contributed by atoms with E-state index < -0.39 is 5.97 Å². The van der Waals surface area contributed by atoms with Gasteiger partial charge in [-0.25, -0.2) is 9.78 Å². The Balaban J connectivity index is 1.90. The Hall–Kier alpha value is -2.28. The summed E-state index contributed by atoms with van der Waals surface area (Å²) in [6.45, 7) is 0.880. The van der Waals surface area contributed by atoms with Crippen LogP contribution < -0.4 is 5.32 Å². The van der Waals surface area contributed by atoms with Crippen LogP contribution in [0.3, 0.4) is 0 Å². The highest BCUT2D eigenvalue weighted by molar-refractivity contribution is 5.85. The summed E-state index contributed by atoms with van der Waals surface area (Å²) in [5.74, 6) is -0.496. The van der Waals surface area contributed by atoms with Crippen molar-refractivity contribution in [1.82, 2.24) is 20.4 Å². The average molecular weight is 234 g/mol. The number of carboxylic acid groups (broad SMARTS) is 1. The summed E-state index contributed by atoms with van der Waals surface area (Å²) in [5.41, 5.74) is 0.678. The molecule has 7 nitrogen and oxygen atoms in total. The third kappa shape index (κ3) is 3.08. The van der Waals surface area contributed by atoms with E-state index in [4.69, 9.17) is 5.11 Å². The van der Waals surface area contributed by atoms with Crippen LogP contribution in [0.5, 0.6) is 0 Å². The predicted molar refractivity (Wildman–Crippen MR) is 56.0 cm³/mol. The molecule has 0 aliphatic rings. The van der Waals surface area contributed by atoms with E-state index in [1.54, 1.807) is 12.1 Å². The average Bonchev–Trinajstić information content (AvgIpc) is 2.82. The molecule has 0 aliphatic carbocycles. The summed E-state index contributed by atoms with van der Waals surface area (Å²) in [4.78, 5) is 18.5. The molecule has 0 spiro atoms. The van der Waals surface area contributed by atoms with E-state index in [1.165, 1.54) is 12.5 Å². The van der Waals surface area contributed by atoms with Gasteiger partial charge in [-0.3, -0.25) is 0 Å². The molecule has 2 rings (SSSR count). The summed E-state index contributed by atoms with van der Waals surface area (Å²) in [7, 11) is 0. The number of pyridine rings is 1. The normalized spacial score (nSPS) is 10.4. The molecule has 88 valence electrons. The van der Waals surface area contributed by atoms with Gasteiger partial charge >= 0.3 is 5.97 Å². The summed E-state index contributed by atoms with van der Waals surface area (Å²) < 4.78 is 4.57. The van der Waals surface area contributed by atoms with E-state index in [-0.39, 0.29) is 5.69 Å². The molecular formula is C10H10N4O3. The van der Waals surface area contributed by atoms with E-state index in [2.05, 4.69) is 25.0 Å². The van der Waals surface area contributed by atoms with Crippen molar-refractivity contribution in [3.63, 3.8) is 0 Å². The Labute approximate surface area is 96.5 Å². The topological polar surface area (TPSA) is 101 Å². The van der Waals surface area contributed by atoms with Crippen molar-refractivity contribution in [2.45, 2.75) is 13.1 Å². The predicted octanol–water partition coefficient (Wildman–Crippen LogP) is 0.453. The van der Waals surface area contributed by atoms with Gasteiger partial charge in [0.1, 0.15) is 5.69 Å². The SMILES string of the molecule is O=C(O)c1cccc(CNCc2ncon2)n1. The second-order valence-electron chi connectivity index (χ2n) is 3.27. The lowest BCUT2D eigenvalue weighted by atomic mass is 10.3. The van der Waals surface area contributed by atoms with Crippen molar-refractivity contribution in [1.29, 1.82) is 0 Å². The van der Waals surface area contributed by atoms with Crippen LogP contribution in [0.4, 0.5) is 0 Å². The van der Waals surface area contributed by atoms with Crippen LogP contribution in [0.1, 0.15) is 22.0 Å². The van der Waals surface area contributed by atoms with Gasteiger partial charge in [-0.05, 0) is 12.1 Å². The van der Waals surface area contributed by atoms with E-state index in [0.29, 0.717) is 24.6 Å². The molecule has 0 radical (unpaired) electrons. The van der Waals surface area contributed by atoms with Crippen LogP contribution in [0.2, 0.25) is 0 Å². The molecule has 0 amide bonds. The third-order valence-corrected chi connectivity index (χ3v) is 2.02. The molecular weight excluding hydrogens is 224 g/mol. The van der Waals surface area contributed by atoms with Gasteiger partial charge in [-0.1, -0.05) is 11.2 Å². The number of rotatable bonds is 5. The van der Waals surface area contributed by atoms with Crippen molar-refractivity contribution in [3.05, 3.63) is 41.8 Å². The second-order valence-corrected chi connectivity index (χ2v) is 3.27. The standard InChI is InChI=1S/C10H10N4O3/c15-10(16)8-3-1-2-7(13-8)4-11-5-9-12-6-17-14-9/h1-3,6,11H,4-5H2,(H,15,16). The molecule has 0 bridgehead atoms. The highest BCUT2D eigenvalue weighted by atomic mass is 16.5. The van der Waals surface area contributed by atoms with Crippen molar-refractivity contribution in [3.8, 4) is 0 Å². The maximum atomic E-state index is 10.7. The third-order valence-electron chi connectivity index (χ3n) is 2.02. The zero-order valence-electron chi connectivity index (χ0n) is 8.83. The molecule has 0 saturated carbocycles. The fourth-order valence-corrected chi connectivity index (χ4v) is 1.27. The Morgan fingerprint density at radius 1 is 1.41 bits per heavy atom. The van der Waals surface area contributed by atoms with E-state index in [1.807, 2.05) is 0 Å². The monoisotopic (exact) mass is 234 g/mol. The minimum absolute atomic E-state index is 0.0314. The highest BCUT2D eigenvalue weighted by Gasteiger charge is 2.05. The van der Waals surface area contributed by atoms with Crippen LogP contribution >= 0.6 is 0 Å². The molecule has 2 aromatic rings. The van der Waals surface area contributed by atoms with Gasteiger partial charge in [0.15, 0.2) is 5.82 Å². The molecule has 0 aliphatic heterocycles. The lowest BCUT2D eigenvalue weighted by molar-refractivity contribution is 0.0690. The highest BCUT2D eigenvalue weighted by Crippen LogP contribution is 1.99. The number of aromatic nitrogens is 3. The summed E-state index contributed by atoms with van der Waals surface area (Å²) in [6.07, 6.45) is 1.25. The fourth-order valence-electron chi connectivity index (χ4n) is 1.27. The van der Waals surface area contributed by atoms with E-state index in [9.17, 15) is 4.79 Å². The summed E-state index contributed by atoms with van der Waals surface area (Å²) in [5, 5.41) is 15.4. The number of carboxylic acids is 1. The minimum atomic E-state index is -1.04. The van der Waals surface area contributed by atoms with Gasteiger partial charge in [0.2, 0.25) is 6.39 Å². The second kappa shape index (κ2) is 5.17. The molecule has 2 aromatic heterocycles. The van der Waals surface area contributed by atoms with Gasteiger partial charge < -0.3 is 14.9 Å². The number of carbonyl (C=O) groups is 1. The lowest BCUT2D eigenvalue weighted by Crippen LogP contribution is -2.15. The first-order valence-corrected chi connectivity index (χ1v) is 4.91. The zero-order chi connectivity index (χ0) is 12.1. The molecule has 2 heterocycles. The van der Waals surface area contributed by atoms with Crippen LogP contribution in [0.25, 0.3) is 0 Å². The van der Waals surface area contributed by atoms with E-state index in [0.717, 1.165) is 0 Å². The Morgan fingerprint density at radius 3 is 3.00 bits per heavy atom.